The van der Waals surface area contributed by atoms with E-state index in [1.807, 2.05) is 11.0 Å². The molecule has 0 saturated heterocycles. The van der Waals surface area contributed by atoms with Gasteiger partial charge in [-0.05, 0) is 18.1 Å². The fourth-order valence-electron chi connectivity index (χ4n) is 2.30. The summed E-state index contributed by atoms with van der Waals surface area (Å²) in [6.07, 6.45) is 3.46. The molecule has 2 aromatic rings. The van der Waals surface area contributed by atoms with Gasteiger partial charge < -0.3 is 4.90 Å². The number of nitrogens with zero attached hydrogens (tertiary/aromatic N) is 4. The first-order valence-corrected chi connectivity index (χ1v) is 6.12. The van der Waals surface area contributed by atoms with Crippen LogP contribution < -0.4 is 4.90 Å². The molecule has 1 aromatic heterocycles. The molecule has 0 fully saturated rings. The molecule has 0 radical (unpaired) electrons. The molecule has 0 atom stereocenters. The Labute approximate surface area is 114 Å². The maximum absolute atomic E-state index is 13.8. The van der Waals surface area contributed by atoms with Crippen LogP contribution in [0.4, 0.5) is 14.6 Å². The molecule has 0 bridgehead atoms. The fraction of sp³-hybridized carbons (Fsp3) is 0.214. The Morgan fingerprint density at radius 2 is 2.05 bits per heavy atom. The molecule has 1 aromatic carbocycles. The summed E-state index contributed by atoms with van der Waals surface area (Å²) in [7, 11) is 0. The minimum Gasteiger partial charge on any atom is -0.351 e. The van der Waals surface area contributed by atoms with Crippen LogP contribution in [0.1, 0.15) is 16.8 Å². The summed E-state index contributed by atoms with van der Waals surface area (Å²) < 4.78 is 27.1. The van der Waals surface area contributed by atoms with E-state index in [0.29, 0.717) is 24.3 Å². The summed E-state index contributed by atoms with van der Waals surface area (Å²) in [5.41, 5.74) is 1.41. The number of benzene rings is 1. The Balaban J connectivity index is 1.91. The van der Waals surface area contributed by atoms with E-state index in [9.17, 15) is 8.78 Å². The van der Waals surface area contributed by atoms with Crippen LogP contribution in [0.5, 0.6) is 0 Å². The van der Waals surface area contributed by atoms with Crippen LogP contribution in [-0.4, -0.2) is 16.5 Å². The number of hydrogen-bond acceptors (Lipinski definition) is 4. The highest BCUT2D eigenvalue weighted by atomic mass is 19.2. The van der Waals surface area contributed by atoms with Crippen molar-refractivity contribution in [1.29, 1.82) is 5.26 Å². The van der Waals surface area contributed by atoms with Crippen molar-refractivity contribution in [3.8, 4) is 6.07 Å². The van der Waals surface area contributed by atoms with Gasteiger partial charge in [-0.25, -0.2) is 18.7 Å². The number of fused-ring (bicyclic) bond motifs is 1. The Morgan fingerprint density at radius 1 is 1.20 bits per heavy atom. The van der Waals surface area contributed by atoms with Crippen LogP contribution >= 0.6 is 0 Å². The maximum atomic E-state index is 13.8. The van der Waals surface area contributed by atoms with Gasteiger partial charge in [0.05, 0.1) is 12.4 Å². The Hall–Kier alpha value is -2.55. The minimum atomic E-state index is -0.837. The predicted molar refractivity (Wildman–Crippen MR) is 67.9 cm³/mol. The van der Waals surface area contributed by atoms with Crippen molar-refractivity contribution >= 4 is 5.82 Å². The number of rotatable bonds is 1. The largest absolute Gasteiger partial charge is 0.351 e. The molecule has 0 unspecified atom stereocenters. The van der Waals surface area contributed by atoms with E-state index in [1.165, 1.54) is 12.4 Å². The number of aromatic nitrogens is 2. The van der Waals surface area contributed by atoms with Crippen LogP contribution in [0, 0.1) is 23.0 Å². The van der Waals surface area contributed by atoms with Crippen molar-refractivity contribution in [3.05, 3.63) is 53.0 Å². The van der Waals surface area contributed by atoms with Gasteiger partial charge in [0, 0.05) is 18.7 Å². The number of hydrogen-bond donors (Lipinski definition) is 0. The van der Waals surface area contributed by atoms with E-state index in [2.05, 4.69) is 9.97 Å². The fourth-order valence-corrected chi connectivity index (χ4v) is 2.30. The zero-order valence-electron chi connectivity index (χ0n) is 10.5. The first-order chi connectivity index (χ1) is 9.69. The lowest BCUT2D eigenvalue weighted by Gasteiger charge is -2.29. The lowest BCUT2D eigenvalue weighted by molar-refractivity contribution is 0.490. The van der Waals surface area contributed by atoms with Gasteiger partial charge in [0.2, 0.25) is 0 Å². The second-order valence-corrected chi connectivity index (χ2v) is 4.54. The molecule has 0 N–H and O–H groups in total. The lowest BCUT2D eigenvalue weighted by atomic mass is 9.99. The highest BCUT2D eigenvalue weighted by Crippen LogP contribution is 2.26. The van der Waals surface area contributed by atoms with E-state index in [4.69, 9.17) is 5.26 Å². The van der Waals surface area contributed by atoms with Gasteiger partial charge >= 0.3 is 0 Å². The van der Waals surface area contributed by atoms with Crippen molar-refractivity contribution < 1.29 is 8.78 Å². The van der Waals surface area contributed by atoms with Crippen molar-refractivity contribution in [3.63, 3.8) is 0 Å². The predicted octanol–water partition coefficient (Wildman–Crippen LogP) is 2.19. The molecule has 1 aliphatic rings. The lowest BCUT2D eigenvalue weighted by Crippen LogP contribution is -2.32. The van der Waals surface area contributed by atoms with Crippen molar-refractivity contribution in [2.75, 3.05) is 11.4 Å². The molecule has 0 saturated carbocycles. The van der Waals surface area contributed by atoms with Crippen molar-refractivity contribution in [2.45, 2.75) is 13.0 Å². The molecule has 0 spiro atoms. The maximum Gasteiger partial charge on any atom is 0.164 e. The summed E-state index contributed by atoms with van der Waals surface area (Å²) in [5, 5.41) is 8.68. The monoisotopic (exact) mass is 272 g/mol. The van der Waals surface area contributed by atoms with Gasteiger partial charge in [-0.15, -0.1) is 0 Å². The highest BCUT2D eigenvalue weighted by Gasteiger charge is 2.22. The summed E-state index contributed by atoms with van der Waals surface area (Å²) in [5.74, 6) is -1.08. The number of anilines is 1. The first kappa shape index (κ1) is 12.5. The van der Waals surface area contributed by atoms with Crippen LogP contribution in [-0.2, 0) is 13.0 Å². The van der Waals surface area contributed by atoms with Crippen LogP contribution in [0.2, 0.25) is 0 Å². The van der Waals surface area contributed by atoms with Gasteiger partial charge in [0.25, 0.3) is 0 Å². The van der Waals surface area contributed by atoms with E-state index < -0.39 is 11.6 Å². The second-order valence-electron chi connectivity index (χ2n) is 4.54. The summed E-state index contributed by atoms with van der Waals surface area (Å²) in [6, 6.07) is 4.67. The number of nitriles is 1. The summed E-state index contributed by atoms with van der Waals surface area (Å²) >= 11 is 0. The number of halogens is 2. The third kappa shape index (κ3) is 2.07. The average Bonchev–Trinajstić information content (AvgIpc) is 2.51. The van der Waals surface area contributed by atoms with Crippen molar-refractivity contribution in [1.82, 2.24) is 9.97 Å². The molecule has 0 amide bonds. The molecule has 2 heterocycles. The van der Waals surface area contributed by atoms with Gasteiger partial charge in [0.15, 0.2) is 17.3 Å². The third-order valence-corrected chi connectivity index (χ3v) is 3.37. The molecule has 100 valence electrons. The smallest absolute Gasteiger partial charge is 0.164 e. The van der Waals surface area contributed by atoms with Crippen LogP contribution in [0.25, 0.3) is 0 Å². The first-order valence-electron chi connectivity index (χ1n) is 6.12. The highest BCUT2D eigenvalue weighted by molar-refractivity contribution is 5.44. The normalized spacial score (nSPS) is 13.8. The molecular formula is C14H10F2N4. The molecule has 20 heavy (non-hydrogen) atoms. The van der Waals surface area contributed by atoms with Gasteiger partial charge in [-0.2, -0.15) is 5.26 Å². The van der Waals surface area contributed by atoms with E-state index >= 15 is 0 Å². The zero-order valence-corrected chi connectivity index (χ0v) is 10.5. The van der Waals surface area contributed by atoms with E-state index in [0.717, 1.165) is 11.6 Å². The van der Waals surface area contributed by atoms with Gasteiger partial charge in [0.1, 0.15) is 11.9 Å². The summed E-state index contributed by atoms with van der Waals surface area (Å²) in [6.45, 7) is 0.901. The molecule has 4 nitrogen and oxygen atoms in total. The summed E-state index contributed by atoms with van der Waals surface area (Å²) in [4.78, 5) is 9.88. The van der Waals surface area contributed by atoms with E-state index in [-0.39, 0.29) is 12.2 Å². The molecule has 3 rings (SSSR count). The Morgan fingerprint density at radius 3 is 2.75 bits per heavy atom. The van der Waals surface area contributed by atoms with Gasteiger partial charge in [-0.1, -0.05) is 6.07 Å². The van der Waals surface area contributed by atoms with E-state index in [1.54, 1.807) is 6.07 Å². The molecule has 6 heteroatoms. The third-order valence-electron chi connectivity index (χ3n) is 3.37. The van der Waals surface area contributed by atoms with Crippen molar-refractivity contribution in [2.24, 2.45) is 0 Å². The Bertz CT molecular complexity index is 692. The Kier molecular flexibility index (Phi) is 3.03. The van der Waals surface area contributed by atoms with Crippen LogP contribution in [0.15, 0.2) is 24.5 Å². The van der Waals surface area contributed by atoms with Crippen LogP contribution in [0.3, 0.4) is 0 Å². The zero-order chi connectivity index (χ0) is 14.1. The molecular weight excluding hydrogens is 262 g/mol. The molecule has 0 aliphatic carbocycles. The topological polar surface area (TPSA) is 52.8 Å². The van der Waals surface area contributed by atoms with Gasteiger partial charge in [-0.3, -0.25) is 0 Å². The SMILES string of the molecule is N#Cc1cnc(N2CCc3ccc(F)c(F)c3C2)cn1. The quantitative estimate of drug-likeness (QED) is 0.798. The minimum absolute atomic E-state index is 0.225. The average molecular weight is 272 g/mol. The molecule has 1 aliphatic heterocycles. The standard InChI is InChI=1S/C14H10F2N4/c15-12-2-1-9-3-4-20(8-11(9)14(12)16)13-7-18-10(5-17)6-19-13/h1-2,6-7H,3-4,8H2. The second kappa shape index (κ2) is 4.85.